The van der Waals surface area contributed by atoms with E-state index in [0.717, 1.165) is 17.0 Å². The molecule has 0 aliphatic rings. The minimum atomic E-state index is -0.279. The van der Waals surface area contributed by atoms with Crippen LogP contribution in [-0.4, -0.2) is 16.0 Å². The topological polar surface area (TPSA) is 68.0 Å². The van der Waals surface area contributed by atoms with E-state index in [4.69, 9.17) is 4.52 Å². The standard InChI is InChI=1S/C20H20FN3O2S/c1-12-6-7-15(9-18(12)21)10-23-19(25)16-5-4-8-22-20(16)27-11-17-13(2)24-26-14(17)3/h4-9H,10-11H2,1-3H3,(H,23,25). The molecule has 0 unspecified atom stereocenters. The Morgan fingerprint density at radius 3 is 2.78 bits per heavy atom. The molecule has 0 fully saturated rings. The first kappa shape index (κ1) is 19.1. The zero-order chi connectivity index (χ0) is 19.4. The van der Waals surface area contributed by atoms with Crippen molar-refractivity contribution in [3.8, 4) is 0 Å². The minimum absolute atomic E-state index is 0.245. The van der Waals surface area contributed by atoms with Crippen LogP contribution >= 0.6 is 11.8 Å². The predicted molar refractivity (Wildman–Crippen MR) is 102 cm³/mol. The van der Waals surface area contributed by atoms with Gasteiger partial charge >= 0.3 is 0 Å². The molecule has 0 bridgehead atoms. The molecule has 0 spiro atoms. The first-order valence-corrected chi connectivity index (χ1v) is 9.47. The summed E-state index contributed by atoms with van der Waals surface area (Å²) in [7, 11) is 0. The van der Waals surface area contributed by atoms with Gasteiger partial charge < -0.3 is 9.84 Å². The number of pyridine rings is 1. The lowest BCUT2D eigenvalue weighted by Gasteiger charge is -2.10. The average molecular weight is 385 g/mol. The highest BCUT2D eigenvalue weighted by Crippen LogP contribution is 2.27. The molecule has 0 atom stereocenters. The molecule has 5 nitrogen and oxygen atoms in total. The van der Waals surface area contributed by atoms with Gasteiger partial charge in [-0.15, -0.1) is 11.8 Å². The molecule has 2 aromatic heterocycles. The monoisotopic (exact) mass is 385 g/mol. The van der Waals surface area contributed by atoms with Crippen LogP contribution in [0.1, 0.15) is 38.5 Å². The Morgan fingerprint density at radius 2 is 2.07 bits per heavy atom. The molecule has 0 aliphatic heterocycles. The second kappa shape index (κ2) is 8.35. The highest BCUT2D eigenvalue weighted by molar-refractivity contribution is 7.98. The van der Waals surface area contributed by atoms with Crippen LogP contribution in [0.2, 0.25) is 0 Å². The van der Waals surface area contributed by atoms with E-state index in [2.05, 4.69) is 15.5 Å². The maximum Gasteiger partial charge on any atom is 0.254 e. The summed E-state index contributed by atoms with van der Waals surface area (Å²) in [6, 6.07) is 8.39. The van der Waals surface area contributed by atoms with E-state index in [1.54, 1.807) is 37.4 Å². The summed E-state index contributed by atoms with van der Waals surface area (Å²) in [4.78, 5) is 16.9. The van der Waals surface area contributed by atoms with Crippen LogP contribution in [0, 0.1) is 26.6 Å². The van der Waals surface area contributed by atoms with Crippen molar-refractivity contribution in [2.45, 2.75) is 38.1 Å². The third kappa shape index (κ3) is 4.54. The van der Waals surface area contributed by atoms with Crippen LogP contribution in [0.15, 0.2) is 46.1 Å². The van der Waals surface area contributed by atoms with Gasteiger partial charge in [0.05, 0.1) is 11.3 Å². The van der Waals surface area contributed by atoms with Crippen molar-refractivity contribution >= 4 is 17.7 Å². The van der Waals surface area contributed by atoms with E-state index in [0.29, 0.717) is 27.5 Å². The van der Waals surface area contributed by atoms with Crippen LogP contribution in [0.25, 0.3) is 0 Å². The van der Waals surface area contributed by atoms with Crippen LogP contribution in [0.4, 0.5) is 4.39 Å². The molecule has 140 valence electrons. The summed E-state index contributed by atoms with van der Waals surface area (Å²) in [6.45, 7) is 5.70. The van der Waals surface area contributed by atoms with Crippen molar-refractivity contribution in [2.75, 3.05) is 0 Å². The molecule has 3 aromatic rings. The molecule has 27 heavy (non-hydrogen) atoms. The maximum atomic E-state index is 13.7. The average Bonchev–Trinajstić information content (AvgIpc) is 2.99. The highest BCUT2D eigenvalue weighted by atomic mass is 32.2. The van der Waals surface area contributed by atoms with Gasteiger partial charge in [0.2, 0.25) is 0 Å². The van der Waals surface area contributed by atoms with Crippen LogP contribution in [-0.2, 0) is 12.3 Å². The Morgan fingerprint density at radius 1 is 1.26 bits per heavy atom. The van der Waals surface area contributed by atoms with Gasteiger partial charge in [-0.2, -0.15) is 0 Å². The largest absolute Gasteiger partial charge is 0.361 e. The van der Waals surface area contributed by atoms with E-state index >= 15 is 0 Å². The highest BCUT2D eigenvalue weighted by Gasteiger charge is 2.15. The van der Waals surface area contributed by atoms with E-state index in [9.17, 15) is 9.18 Å². The molecule has 0 saturated heterocycles. The van der Waals surface area contributed by atoms with Crippen molar-refractivity contribution < 1.29 is 13.7 Å². The number of rotatable bonds is 6. The number of aryl methyl sites for hydroxylation is 3. The Labute approximate surface area is 161 Å². The summed E-state index contributed by atoms with van der Waals surface area (Å²) in [5.41, 5.74) is 3.62. The summed E-state index contributed by atoms with van der Waals surface area (Å²) < 4.78 is 18.8. The van der Waals surface area contributed by atoms with Gasteiger partial charge in [0.15, 0.2) is 0 Å². The second-order valence-electron chi connectivity index (χ2n) is 6.21. The molecule has 0 radical (unpaired) electrons. The molecule has 3 rings (SSSR count). The van der Waals surface area contributed by atoms with Gasteiger partial charge in [-0.3, -0.25) is 4.79 Å². The number of hydrogen-bond donors (Lipinski definition) is 1. The number of nitrogens with zero attached hydrogens (tertiary/aromatic N) is 2. The number of hydrogen-bond acceptors (Lipinski definition) is 5. The van der Waals surface area contributed by atoms with E-state index < -0.39 is 0 Å². The van der Waals surface area contributed by atoms with E-state index in [1.807, 2.05) is 13.8 Å². The molecular weight excluding hydrogens is 365 g/mol. The Balaban J connectivity index is 1.69. The van der Waals surface area contributed by atoms with E-state index in [-0.39, 0.29) is 18.3 Å². The molecule has 2 heterocycles. The molecular formula is C20H20FN3O2S. The molecule has 7 heteroatoms. The maximum absolute atomic E-state index is 13.7. The molecule has 0 saturated carbocycles. The van der Waals surface area contributed by atoms with Crippen molar-refractivity contribution in [1.29, 1.82) is 0 Å². The quantitative estimate of drug-likeness (QED) is 0.639. The Kier molecular flexibility index (Phi) is 5.91. The van der Waals surface area contributed by atoms with E-state index in [1.165, 1.54) is 17.8 Å². The fourth-order valence-electron chi connectivity index (χ4n) is 2.55. The van der Waals surface area contributed by atoms with Crippen molar-refractivity contribution in [3.63, 3.8) is 0 Å². The van der Waals surface area contributed by atoms with Crippen LogP contribution < -0.4 is 5.32 Å². The van der Waals surface area contributed by atoms with Gasteiger partial charge in [-0.05, 0) is 50.1 Å². The number of amides is 1. The third-order valence-corrected chi connectivity index (χ3v) is 5.27. The van der Waals surface area contributed by atoms with Gasteiger partial charge in [-0.25, -0.2) is 9.37 Å². The SMILES string of the molecule is Cc1ccc(CNC(=O)c2cccnc2SCc2c(C)noc2C)cc1F. The lowest BCUT2D eigenvalue weighted by Crippen LogP contribution is -2.23. The third-order valence-electron chi connectivity index (χ3n) is 4.24. The van der Waals surface area contributed by atoms with Crippen LogP contribution in [0.5, 0.6) is 0 Å². The van der Waals surface area contributed by atoms with Gasteiger partial charge in [0.1, 0.15) is 16.6 Å². The van der Waals surface area contributed by atoms with Crippen molar-refractivity contribution in [3.05, 3.63) is 76.1 Å². The zero-order valence-corrected chi connectivity index (χ0v) is 16.2. The minimum Gasteiger partial charge on any atom is -0.361 e. The van der Waals surface area contributed by atoms with Gasteiger partial charge in [0, 0.05) is 24.1 Å². The molecule has 1 amide bonds. The number of carbonyl (C=O) groups is 1. The molecule has 0 aliphatic carbocycles. The molecule has 1 aromatic carbocycles. The number of nitrogens with one attached hydrogen (secondary N) is 1. The van der Waals surface area contributed by atoms with Crippen LogP contribution in [0.3, 0.4) is 0 Å². The fraction of sp³-hybridized carbons (Fsp3) is 0.250. The number of thioether (sulfide) groups is 1. The van der Waals surface area contributed by atoms with Crippen molar-refractivity contribution in [2.24, 2.45) is 0 Å². The lowest BCUT2D eigenvalue weighted by atomic mass is 10.1. The number of halogens is 1. The smallest absolute Gasteiger partial charge is 0.254 e. The first-order chi connectivity index (χ1) is 13.0. The summed E-state index contributed by atoms with van der Waals surface area (Å²) >= 11 is 1.46. The summed E-state index contributed by atoms with van der Waals surface area (Å²) in [6.07, 6.45) is 1.65. The Hall–Kier alpha value is -2.67. The Bertz CT molecular complexity index is 952. The zero-order valence-electron chi connectivity index (χ0n) is 15.4. The normalized spacial score (nSPS) is 10.8. The van der Waals surface area contributed by atoms with Crippen molar-refractivity contribution in [1.82, 2.24) is 15.5 Å². The number of aromatic nitrogens is 2. The number of benzene rings is 1. The van der Waals surface area contributed by atoms with Gasteiger partial charge in [0.25, 0.3) is 5.91 Å². The summed E-state index contributed by atoms with van der Waals surface area (Å²) in [5.74, 6) is 0.856. The first-order valence-electron chi connectivity index (χ1n) is 8.48. The predicted octanol–water partition coefficient (Wildman–Crippen LogP) is 4.36. The van der Waals surface area contributed by atoms with Gasteiger partial charge in [-0.1, -0.05) is 17.3 Å². The second-order valence-corrected chi connectivity index (χ2v) is 7.18. The number of carbonyl (C=O) groups excluding carboxylic acids is 1. The lowest BCUT2D eigenvalue weighted by molar-refractivity contribution is 0.0947. The fourth-order valence-corrected chi connectivity index (χ4v) is 3.70. The summed E-state index contributed by atoms with van der Waals surface area (Å²) in [5, 5.41) is 7.40. The molecule has 1 N–H and O–H groups in total.